The molecule has 90 valence electrons. The first-order chi connectivity index (χ1) is 8.10. The first kappa shape index (κ1) is 12.1. The molecule has 1 aromatic heterocycles. The lowest BCUT2D eigenvalue weighted by atomic mass is 10.2. The summed E-state index contributed by atoms with van der Waals surface area (Å²) < 4.78 is 0. The molecule has 1 aliphatic rings. The predicted molar refractivity (Wildman–Crippen MR) is 72.1 cm³/mol. The van der Waals surface area contributed by atoms with Gasteiger partial charge in [-0.1, -0.05) is 13.8 Å². The third-order valence-corrected chi connectivity index (χ3v) is 3.97. The normalized spacial score (nSPS) is 24.4. The molecule has 17 heavy (non-hydrogen) atoms. The Morgan fingerprint density at radius 3 is 2.65 bits per heavy atom. The van der Waals surface area contributed by atoms with Gasteiger partial charge in [-0.05, 0) is 6.07 Å². The summed E-state index contributed by atoms with van der Waals surface area (Å²) in [6.07, 6.45) is 1.59. The number of nitriles is 1. The van der Waals surface area contributed by atoms with Crippen molar-refractivity contribution in [1.82, 2.24) is 4.98 Å². The van der Waals surface area contributed by atoms with E-state index in [0.717, 1.165) is 18.9 Å². The third kappa shape index (κ3) is 2.64. The van der Waals surface area contributed by atoms with E-state index in [1.165, 1.54) is 0 Å². The highest BCUT2D eigenvalue weighted by Crippen LogP contribution is 2.30. The fraction of sp³-hybridized carbons (Fsp3) is 0.500. The van der Waals surface area contributed by atoms with Gasteiger partial charge in [0.1, 0.15) is 6.07 Å². The molecule has 1 aromatic rings. The fourth-order valence-electron chi connectivity index (χ4n) is 2.15. The minimum atomic E-state index is 0.513. The summed E-state index contributed by atoms with van der Waals surface area (Å²) in [5, 5.41) is 9.94. The quantitative estimate of drug-likeness (QED) is 0.821. The van der Waals surface area contributed by atoms with E-state index in [1.54, 1.807) is 12.3 Å². The highest BCUT2D eigenvalue weighted by molar-refractivity contribution is 8.00. The zero-order valence-electron chi connectivity index (χ0n) is 10.1. The van der Waals surface area contributed by atoms with E-state index in [9.17, 15) is 0 Å². The lowest BCUT2D eigenvalue weighted by Crippen LogP contribution is -2.41. The maximum Gasteiger partial charge on any atom is 0.151 e. The topological polar surface area (TPSA) is 65.9 Å². The van der Waals surface area contributed by atoms with Gasteiger partial charge in [0.05, 0.1) is 11.3 Å². The Hall–Kier alpha value is -1.41. The average molecular weight is 248 g/mol. The monoisotopic (exact) mass is 248 g/mol. The van der Waals surface area contributed by atoms with Crippen molar-refractivity contribution in [2.24, 2.45) is 0 Å². The van der Waals surface area contributed by atoms with Crippen LogP contribution in [0.25, 0.3) is 0 Å². The molecule has 0 aromatic carbocycles. The Labute approximate surface area is 106 Å². The second-order valence-corrected chi connectivity index (χ2v) is 6.29. The van der Waals surface area contributed by atoms with E-state index >= 15 is 0 Å². The van der Waals surface area contributed by atoms with E-state index in [2.05, 4.69) is 29.8 Å². The van der Waals surface area contributed by atoms with Crippen LogP contribution in [0.3, 0.4) is 0 Å². The first-order valence-corrected chi connectivity index (χ1v) is 6.60. The smallest absolute Gasteiger partial charge is 0.151 e. The highest BCUT2D eigenvalue weighted by atomic mass is 32.2. The third-order valence-electron chi connectivity index (χ3n) is 2.74. The molecule has 0 amide bonds. The lowest BCUT2D eigenvalue weighted by Gasteiger charge is -2.35. The summed E-state index contributed by atoms with van der Waals surface area (Å²) in [6.45, 7) is 6.34. The Balaban J connectivity index is 2.25. The van der Waals surface area contributed by atoms with Crippen molar-refractivity contribution >= 4 is 23.3 Å². The molecule has 2 rings (SSSR count). The molecule has 4 nitrogen and oxygen atoms in total. The van der Waals surface area contributed by atoms with Gasteiger partial charge in [-0.15, -0.1) is 0 Å². The van der Waals surface area contributed by atoms with Crippen LogP contribution in [0.2, 0.25) is 0 Å². The van der Waals surface area contributed by atoms with Gasteiger partial charge in [0, 0.05) is 29.8 Å². The molecule has 0 bridgehead atoms. The Morgan fingerprint density at radius 2 is 2.12 bits per heavy atom. The number of nitrogen functional groups attached to an aromatic ring is 1. The van der Waals surface area contributed by atoms with Crippen LogP contribution < -0.4 is 10.6 Å². The largest absolute Gasteiger partial charge is 0.396 e. The minimum absolute atomic E-state index is 0.513. The van der Waals surface area contributed by atoms with Gasteiger partial charge in [-0.2, -0.15) is 17.0 Å². The summed E-state index contributed by atoms with van der Waals surface area (Å²) in [4.78, 5) is 6.52. The molecule has 1 fully saturated rings. The number of hydrogen-bond donors (Lipinski definition) is 1. The van der Waals surface area contributed by atoms with E-state index in [4.69, 9.17) is 11.0 Å². The molecule has 5 heteroatoms. The summed E-state index contributed by atoms with van der Waals surface area (Å²) in [6, 6.07) is 3.74. The number of nitrogens with zero attached hydrogens (tertiary/aromatic N) is 3. The Kier molecular flexibility index (Phi) is 3.43. The summed E-state index contributed by atoms with van der Waals surface area (Å²) in [5.74, 6) is 0.808. The molecule has 0 spiro atoms. The first-order valence-electron chi connectivity index (χ1n) is 5.66. The van der Waals surface area contributed by atoms with Gasteiger partial charge < -0.3 is 10.6 Å². The van der Waals surface area contributed by atoms with Crippen molar-refractivity contribution in [3.05, 3.63) is 17.8 Å². The van der Waals surface area contributed by atoms with Gasteiger partial charge in [-0.3, -0.25) is 0 Å². The lowest BCUT2D eigenvalue weighted by molar-refractivity contribution is 0.719. The van der Waals surface area contributed by atoms with Gasteiger partial charge in [-0.25, -0.2) is 4.98 Å². The van der Waals surface area contributed by atoms with Crippen LogP contribution in [0.1, 0.15) is 19.4 Å². The molecular weight excluding hydrogens is 232 g/mol. The number of pyridine rings is 1. The molecule has 2 atom stereocenters. The number of thioether (sulfide) groups is 1. The van der Waals surface area contributed by atoms with Crippen LogP contribution in [-0.2, 0) is 0 Å². The molecule has 1 aliphatic heterocycles. The second kappa shape index (κ2) is 4.84. The van der Waals surface area contributed by atoms with E-state index in [1.807, 2.05) is 11.8 Å². The zero-order chi connectivity index (χ0) is 12.4. The van der Waals surface area contributed by atoms with Crippen LogP contribution >= 0.6 is 11.8 Å². The molecule has 0 saturated carbocycles. The van der Waals surface area contributed by atoms with Crippen LogP contribution in [-0.4, -0.2) is 28.6 Å². The van der Waals surface area contributed by atoms with Crippen molar-refractivity contribution in [2.45, 2.75) is 24.3 Å². The average Bonchev–Trinajstić information content (AvgIpc) is 2.27. The van der Waals surface area contributed by atoms with E-state index in [-0.39, 0.29) is 0 Å². The van der Waals surface area contributed by atoms with Crippen molar-refractivity contribution < 1.29 is 0 Å². The summed E-state index contributed by atoms with van der Waals surface area (Å²) >= 11 is 1.99. The number of aromatic nitrogens is 1. The molecule has 0 radical (unpaired) electrons. The van der Waals surface area contributed by atoms with Crippen LogP contribution in [0.15, 0.2) is 12.3 Å². The molecule has 2 unspecified atom stereocenters. The minimum Gasteiger partial charge on any atom is -0.396 e. The molecule has 2 N–H and O–H groups in total. The van der Waals surface area contributed by atoms with Gasteiger partial charge in [0.2, 0.25) is 0 Å². The van der Waals surface area contributed by atoms with Crippen molar-refractivity contribution in [3.63, 3.8) is 0 Å². The number of anilines is 2. The van der Waals surface area contributed by atoms with E-state index in [0.29, 0.717) is 21.8 Å². The summed E-state index contributed by atoms with van der Waals surface area (Å²) in [5.41, 5.74) is 7.06. The molecule has 2 heterocycles. The van der Waals surface area contributed by atoms with Crippen LogP contribution in [0.5, 0.6) is 0 Å². The van der Waals surface area contributed by atoms with Gasteiger partial charge >= 0.3 is 0 Å². The second-order valence-electron chi connectivity index (χ2n) is 4.41. The number of nitrogens with two attached hydrogens (primary N) is 1. The van der Waals surface area contributed by atoms with Crippen LogP contribution in [0.4, 0.5) is 11.5 Å². The van der Waals surface area contributed by atoms with Crippen molar-refractivity contribution in [3.8, 4) is 6.07 Å². The molecule has 1 saturated heterocycles. The number of hydrogen-bond acceptors (Lipinski definition) is 5. The Morgan fingerprint density at radius 1 is 1.47 bits per heavy atom. The van der Waals surface area contributed by atoms with E-state index < -0.39 is 0 Å². The van der Waals surface area contributed by atoms with Crippen molar-refractivity contribution in [2.75, 3.05) is 23.7 Å². The predicted octanol–water partition coefficient (Wildman–Crippen LogP) is 1.87. The van der Waals surface area contributed by atoms with Gasteiger partial charge in [0.25, 0.3) is 0 Å². The highest BCUT2D eigenvalue weighted by Gasteiger charge is 2.24. The fourth-order valence-corrected chi connectivity index (χ4v) is 3.48. The SMILES string of the molecule is CC1CN(c2ncc(C#N)cc2N)CC(C)S1. The molecule has 0 aliphatic carbocycles. The van der Waals surface area contributed by atoms with Crippen molar-refractivity contribution in [1.29, 1.82) is 5.26 Å². The van der Waals surface area contributed by atoms with Gasteiger partial charge in [0.15, 0.2) is 5.82 Å². The molecular formula is C12H16N4S. The maximum absolute atomic E-state index is 8.78. The number of rotatable bonds is 1. The zero-order valence-corrected chi connectivity index (χ0v) is 10.9. The summed E-state index contributed by atoms with van der Waals surface area (Å²) in [7, 11) is 0. The van der Waals surface area contributed by atoms with Crippen LogP contribution in [0, 0.1) is 11.3 Å². The maximum atomic E-state index is 8.78. The Bertz CT molecular complexity index is 444. The standard InChI is InChI=1S/C12H16N4S/c1-8-6-16(7-9(2)17-8)12-11(14)3-10(4-13)5-15-12/h3,5,8-9H,6-7,14H2,1-2H3.